The molecule has 3 aromatic rings. The van der Waals surface area contributed by atoms with Gasteiger partial charge in [0.05, 0.1) is 5.41 Å². The van der Waals surface area contributed by atoms with E-state index in [0.29, 0.717) is 18.4 Å². The maximum absolute atomic E-state index is 13.9. The van der Waals surface area contributed by atoms with Crippen LogP contribution < -0.4 is 4.90 Å². The van der Waals surface area contributed by atoms with Crippen LogP contribution in [0.1, 0.15) is 60.0 Å². The minimum atomic E-state index is -0.451. The van der Waals surface area contributed by atoms with E-state index in [-0.39, 0.29) is 5.91 Å². The molecule has 0 N–H and O–H groups in total. The van der Waals surface area contributed by atoms with E-state index in [2.05, 4.69) is 64.4 Å². The van der Waals surface area contributed by atoms with Crippen LogP contribution in [0.2, 0.25) is 0 Å². The first-order valence-electron chi connectivity index (χ1n) is 11.6. The van der Waals surface area contributed by atoms with Gasteiger partial charge in [0.2, 0.25) is 11.8 Å². The zero-order valence-corrected chi connectivity index (χ0v) is 18.5. The molecule has 0 radical (unpaired) electrons. The monoisotopic (exact) mass is 428 g/mol. The van der Waals surface area contributed by atoms with Crippen LogP contribution >= 0.6 is 0 Å². The molecule has 6 rings (SSSR count). The number of aryl methyl sites for hydroxylation is 1. The molecule has 1 saturated carbocycles. The number of fused-ring (bicyclic) bond motifs is 2. The average Bonchev–Trinajstić information content (AvgIpc) is 3.52. The molecule has 1 saturated heterocycles. The predicted molar refractivity (Wildman–Crippen MR) is 121 cm³/mol. The second-order valence-corrected chi connectivity index (χ2v) is 9.52. The molecule has 3 aliphatic rings. The van der Waals surface area contributed by atoms with E-state index in [9.17, 15) is 4.79 Å². The van der Waals surface area contributed by atoms with Crippen molar-refractivity contribution in [2.45, 2.75) is 57.0 Å². The van der Waals surface area contributed by atoms with Gasteiger partial charge in [-0.25, -0.2) is 0 Å². The average molecular weight is 429 g/mol. The number of piperidine rings is 1. The maximum atomic E-state index is 13.9. The molecule has 2 aliphatic heterocycles. The van der Waals surface area contributed by atoms with Gasteiger partial charge in [-0.3, -0.25) is 9.69 Å². The summed E-state index contributed by atoms with van der Waals surface area (Å²) in [6.45, 7) is 5.24. The molecule has 0 unspecified atom stereocenters. The van der Waals surface area contributed by atoms with Crippen molar-refractivity contribution < 1.29 is 9.32 Å². The first kappa shape index (κ1) is 19.7. The lowest BCUT2D eigenvalue weighted by molar-refractivity contribution is -0.125. The fraction of sp³-hybridized carbons (Fsp3) is 0.423. The minimum absolute atomic E-state index is 0.187. The standard InChI is InChI=1S/C26H28N4O2/c1-18-6-5-9-21-23(18)26(12-14-29(15-13-26)16-19-7-3-2-4-8-19)25(31)30(21)17-22-27-24(28-32-22)20-10-11-20/h2-9,20H,10-17H2,1H3. The van der Waals surface area contributed by atoms with Crippen LogP contribution in [0.15, 0.2) is 53.1 Å². The highest BCUT2D eigenvalue weighted by Crippen LogP contribution is 2.50. The van der Waals surface area contributed by atoms with E-state index in [4.69, 9.17) is 4.52 Å². The number of carbonyl (C=O) groups excluding carboxylic acids is 1. The second kappa shape index (κ2) is 7.55. The number of hydrogen-bond donors (Lipinski definition) is 0. The normalized spacial score (nSPS) is 20.2. The fourth-order valence-electron chi connectivity index (χ4n) is 5.50. The summed E-state index contributed by atoms with van der Waals surface area (Å²) >= 11 is 0. The van der Waals surface area contributed by atoms with Gasteiger partial charge in [-0.1, -0.05) is 47.6 Å². The third kappa shape index (κ3) is 3.25. The van der Waals surface area contributed by atoms with Gasteiger partial charge in [0.15, 0.2) is 5.82 Å². The lowest BCUT2D eigenvalue weighted by atomic mass is 9.72. The minimum Gasteiger partial charge on any atom is -0.337 e. The number of hydrogen-bond acceptors (Lipinski definition) is 5. The topological polar surface area (TPSA) is 62.5 Å². The molecule has 1 spiro atoms. The highest BCUT2D eigenvalue weighted by molar-refractivity contribution is 6.08. The van der Waals surface area contributed by atoms with Crippen LogP contribution in [-0.4, -0.2) is 34.0 Å². The summed E-state index contributed by atoms with van der Waals surface area (Å²) in [7, 11) is 0. The molecular formula is C26H28N4O2. The molecule has 2 fully saturated rings. The van der Waals surface area contributed by atoms with E-state index in [1.165, 1.54) is 16.7 Å². The molecule has 1 aromatic heterocycles. The third-order valence-electron chi connectivity index (χ3n) is 7.35. The molecule has 0 atom stereocenters. The molecule has 1 amide bonds. The van der Waals surface area contributed by atoms with Crippen LogP contribution in [0.3, 0.4) is 0 Å². The quantitative estimate of drug-likeness (QED) is 0.605. The number of anilines is 1. The van der Waals surface area contributed by atoms with Crippen molar-refractivity contribution >= 4 is 11.6 Å². The first-order valence-corrected chi connectivity index (χ1v) is 11.6. The summed E-state index contributed by atoms with van der Waals surface area (Å²) < 4.78 is 5.52. The van der Waals surface area contributed by atoms with Gasteiger partial charge in [-0.05, 0) is 68.5 Å². The van der Waals surface area contributed by atoms with E-state index in [0.717, 1.165) is 56.8 Å². The van der Waals surface area contributed by atoms with E-state index in [1.807, 2.05) is 11.0 Å². The van der Waals surface area contributed by atoms with Gasteiger partial charge in [0.25, 0.3) is 0 Å². The Hall–Kier alpha value is -2.99. The van der Waals surface area contributed by atoms with Gasteiger partial charge < -0.3 is 9.42 Å². The second-order valence-electron chi connectivity index (χ2n) is 9.52. The number of benzene rings is 2. The number of aromatic nitrogens is 2. The van der Waals surface area contributed by atoms with Crippen molar-refractivity contribution in [2.24, 2.45) is 0 Å². The molecule has 3 heterocycles. The maximum Gasteiger partial charge on any atom is 0.246 e. The van der Waals surface area contributed by atoms with Crippen molar-refractivity contribution in [1.29, 1.82) is 0 Å². The van der Waals surface area contributed by atoms with Gasteiger partial charge in [0, 0.05) is 18.2 Å². The number of rotatable bonds is 5. The van der Waals surface area contributed by atoms with Crippen molar-refractivity contribution in [2.75, 3.05) is 18.0 Å². The number of likely N-dealkylation sites (tertiary alicyclic amines) is 1. The summed E-state index contributed by atoms with van der Waals surface area (Å²) in [5.41, 5.74) is 4.28. The van der Waals surface area contributed by atoms with Crippen LogP contribution in [0.4, 0.5) is 5.69 Å². The summed E-state index contributed by atoms with van der Waals surface area (Å²) in [5.74, 6) is 1.95. The molecular weight excluding hydrogens is 400 g/mol. The molecule has 6 nitrogen and oxygen atoms in total. The Labute approximate surface area is 188 Å². The lowest BCUT2D eigenvalue weighted by Gasteiger charge is -2.39. The Morgan fingerprint density at radius 2 is 1.81 bits per heavy atom. The van der Waals surface area contributed by atoms with Crippen LogP contribution in [0.5, 0.6) is 0 Å². The van der Waals surface area contributed by atoms with E-state index in [1.54, 1.807) is 0 Å². The van der Waals surface area contributed by atoms with Crippen LogP contribution in [0.25, 0.3) is 0 Å². The first-order chi connectivity index (χ1) is 15.6. The largest absolute Gasteiger partial charge is 0.337 e. The Bertz CT molecular complexity index is 1140. The number of nitrogens with zero attached hydrogens (tertiary/aromatic N) is 4. The zero-order valence-electron chi connectivity index (χ0n) is 18.5. The van der Waals surface area contributed by atoms with Gasteiger partial charge in [-0.2, -0.15) is 4.98 Å². The summed E-state index contributed by atoms with van der Waals surface area (Å²) in [4.78, 5) is 22.9. The van der Waals surface area contributed by atoms with Crippen molar-refractivity contribution in [3.05, 3.63) is 76.9 Å². The molecule has 2 aromatic carbocycles. The third-order valence-corrected chi connectivity index (χ3v) is 7.35. The molecule has 164 valence electrons. The lowest BCUT2D eigenvalue weighted by Crippen LogP contribution is -2.48. The molecule has 1 aliphatic carbocycles. The van der Waals surface area contributed by atoms with E-state index < -0.39 is 5.41 Å². The molecule has 32 heavy (non-hydrogen) atoms. The van der Waals surface area contributed by atoms with Gasteiger partial charge in [0.1, 0.15) is 6.54 Å². The van der Waals surface area contributed by atoms with Gasteiger partial charge >= 0.3 is 0 Å². The zero-order chi connectivity index (χ0) is 21.7. The fourth-order valence-corrected chi connectivity index (χ4v) is 5.50. The smallest absolute Gasteiger partial charge is 0.246 e. The SMILES string of the molecule is Cc1cccc2c1C1(CCN(Cc3ccccc3)CC1)C(=O)N2Cc1nc(C2CC2)no1. The molecule has 0 bridgehead atoms. The Balaban J connectivity index is 1.26. The molecule has 6 heteroatoms. The van der Waals surface area contributed by atoms with Gasteiger partial charge in [-0.15, -0.1) is 0 Å². The van der Waals surface area contributed by atoms with Crippen LogP contribution in [-0.2, 0) is 23.3 Å². The highest BCUT2D eigenvalue weighted by Gasteiger charge is 2.53. The summed E-state index contributed by atoms with van der Waals surface area (Å²) in [5, 5.41) is 4.14. The summed E-state index contributed by atoms with van der Waals surface area (Å²) in [6.07, 6.45) is 3.94. The number of carbonyl (C=O) groups is 1. The number of amides is 1. The van der Waals surface area contributed by atoms with Crippen LogP contribution in [0, 0.1) is 6.92 Å². The van der Waals surface area contributed by atoms with Crippen molar-refractivity contribution in [3.63, 3.8) is 0 Å². The Kier molecular flexibility index (Phi) is 4.65. The predicted octanol–water partition coefficient (Wildman–Crippen LogP) is 4.34. The van der Waals surface area contributed by atoms with E-state index >= 15 is 0 Å². The Morgan fingerprint density at radius 3 is 2.56 bits per heavy atom. The van der Waals surface area contributed by atoms with Crippen molar-refractivity contribution in [3.8, 4) is 0 Å². The highest BCUT2D eigenvalue weighted by atomic mass is 16.5. The van der Waals surface area contributed by atoms with Crippen molar-refractivity contribution in [1.82, 2.24) is 15.0 Å². The Morgan fingerprint density at radius 1 is 1.03 bits per heavy atom. The summed E-state index contributed by atoms with van der Waals surface area (Å²) in [6, 6.07) is 16.8.